The molecule has 0 atom stereocenters. The van der Waals surface area contributed by atoms with Gasteiger partial charge in [-0.15, -0.1) is 0 Å². The van der Waals surface area contributed by atoms with E-state index < -0.39 is 0 Å². The third-order valence-corrected chi connectivity index (χ3v) is 4.49. The Morgan fingerprint density at radius 3 is 2.44 bits per heavy atom. The van der Waals surface area contributed by atoms with E-state index in [1.165, 1.54) is 0 Å². The van der Waals surface area contributed by atoms with Crippen LogP contribution in [0.25, 0.3) is 0 Å². The van der Waals surface area contributed by atoms with E-state index >= 15 is 0 Å². The summed E-state index contributed by atoms with van der Waals surface area (Å²) in [6.45, 7) is 3.87. The van der Waals surface area contributed by atoms with E-state index in [1.807, 2.05) is 12.1 Å². The molecule has 0 fully saturated rings. The summed E-state index contributed by atoms with van der Waals surface area (Å²) in [5, 5.41) is 2.82. The number of benzene rings is 1. The number of nitrogens with zero attached hydrogens (tertiary/aromatic N) is 1. The summed E-state index contributed by atoms with van der Waals surface area (Å²) >= 11 is 0. The van der Waals surface area contributed by atoms with Crippen molar-refractivity contribution in [3.05, 3.63) is 23.3 Å². The molecule has 1 heterocycles. The highest BCUT2D eigenvalue weighted by Gasteiger charge is 2.24. The summed E-state index contributed by atoms with van der Waals surface area (Å²) in [6.07, 6.45) is 3.81. The van der Waals surface area contributed by atoms with Crippen molar-refractivity contribution in [1.82, 2.24) is 10.2 Å². The first kappa shape index (κ1) is 19.1. The van der Waals surface area contributed by atoms with Gasteiger partial charge >= 0.3 is 0 Å². The van der Waals surface area contributed by atoms with E-state index in [2.05, 4.69) is 12.2 Å². The number of carbonyl (C=O) groups excluding carboxylic acids is 2. The van der Waals surface area contributed by atoms with E-state index in [1.54, 1.807) is 19.1 Å². The Morgan fingerprint density at radius 1 is 1.12 bits per heavy atom. The molecule has 1 aromatic rings. The van der Waals surface area contributed by atoms with Gasteiger partial charge in [0, 0.05) is 19.6 Å². The van der Waals surface area contributed by atoms with Gasteiger partial charge in [-0.05, 0) is 36.1 Å². The van der Waals surface area contributed by atoms with Crippen molar-refractivity contribution < 1.29 is 19.1 Å². The fourth-order valence-corrected chi connectivity index (χ4v) is 3.01. The van der Waals surface area contributed by atoms with E-state index in [-0.39, 0.29) is 18.2 Å². The standard InChI is InChI=1S/C19H28N2O4/c1-4-5-6-8-20-18(22)12-19(23)21-9-7-14-10-16(24-2)17(25-3)11-15(14)13-21/h10-11H,4-9,12-13H2,1-3H3,(H,20,22). The Balaban J connectivity index is 1.93. The van der Waals surface area contributed by atoms with Crippen LogP contribution in [0.15, 0.2) is 12.1 Å². The molecule has 0 unspecified atom stereocenters. The van der Waals surface area contributed by atoms with E-state index in [4.69, 9.17) is 9.47 Å². The van der Waals surface area contributed by atoms with Crippen LogP contribution < -0.4 is 14.8 Å². The summed E-state index contributed by atoms with van der Waals surface area (Å²) in [5.41, 5.74) is 2.20. The monoisotopic (exact) mass is 348 g/mol. The average Bonchev–Trinajstić information content (AvgIpc) is 2.63. The topological polar surface area (TPSA) is 67.9 Å². The van der Waals surface area contributed by atoms with Gasteiger partial charge < -0.3 is 19.7 Å². The summed E-state index contributed by atoms with van der Waals surface area (Å²) in [7, 11) is 3.21. The zero-order valence-corrected chi connectivity index (χ0v) is 15.4. The lowest BCUT2D eigenvalue weighted by molar-refractivity contribution is -0.136. The quantitative estimate of drug-likeness (QED) is 0.578. The fraction of sp³-hybridized carbons (Fsp3) is 0.579. The third-order valence-electron chi connectivity index (χ3n) is 4.49. The minimum atomic E-state index is -0.195. The van der Waals surface area contributed by atoms with Crippen molar-refractivity contribution in [1.29, 1.82) is 0 Å². The van der Waals surface area contributed by atoms with Gasteiger partial charge in [-0.25, -0.2) is 0 Å². The highest BCUT2D eigenvalue weighted by atomic mass is 16.5. The van der Waals surface area contributed by atoms with Crippen LogP contribution in [-0.4, -0.2) is 44.0 Å². The molecule has 1 N–H and O–H groups in total. The normalized spacial score (nSPS) is 13.2. The Morgan fingerprint density at radius 2 is 1.80 bits per heavy atom. The minimum absolute atomic E-state index is 0.0885. The van der Waals surface area contributed by atoms with Gasteiger partial charge in [-0.3, -0.25) is 9.59 Å². The summed E-state index contributed by atoms with van der Waals surface area (Å²) in [4.78, 5) is 26.0. The summed E-state index contributed by atoms with van der Waals surface area (Å²) in [6, 6.07) is 3.88. The van der Waals surface area contributed by atoms with Crippen molar-refractivity contribution in [2.24, 2.45) is 0 Å². The van der Waals surface area contributed by atoms with Gasteiger partial charge in [-0.1, -0.05) is 19.8 Å². The molecule has 1 aliphatic rings. The van der Waals surface area contributed by atoms with Crippen LogP contribution in [-0.2, 0) is 22.6 Å². The number of nitrogens with one attached hydrogen (secondary N) is 1. The number of amides is 2. The number of rotatable bonds is 8. The molecule has 138 valence electrons. The molecule has 6 nitrogen and oxygen atoms in total. The maximum absolute atomic E-state index is 12.4. The Bertz CT molecular complexity index is 616. The Labute approximate surface area is 149 Å². The van der Waals surface area contributed by atoms with Crippen LogP contribution in [0, 0.1) is 0 Å². The van der Waals surface area contributed by atoms with Crippen molar-refractivity contribution >= 4 is 11.8 Å². The van der Waals surface area contributed by atoms with E-state index in [0.717, 1.165) is 36.8 Å². The van der Waals surface area contributed by atoms with Gasteiger partial charge in [0.15, 0.2) is 11.5 Å². The number of fused-ring (bicyclic) bond motifs is 1. The van der Waals surface area contributed by atoms with Crippen LogP contribution in [0.4, 0.5) is 0 Å². The van der Waals surface area contributed by atoms with Crippen LogP contribution in [0.3, 0.4) is 0 Å². The number of ether oxygens (including phenoxy) is 2. The number of methoxy groups -OCH3 is 2. The van der Waals surface area contributed by atoms with Gasteiger partial charge in [0.1, 0.15) is 6.42 Å². The molecular weight excluding hydrogens is 320 g/mol. The SMILES string of the molecule is CCCCCNC(=O)CC(=O)N1CCc2cc(OC)c(OC)cc2C1. The van der Waals surface area contributed by atoms with Crippen LogP contribution in [0.2, 0.25) is 0 Å². The Kier molecular flexibility index (Phi) is 7.10. The van der Waals surface area contributed by atoms with Crippen molar-refractivity contribution in [2.45, 2.75) is 45.6 Å². The third kappa shape index (κ3) is 5.11. The molecule has 0 aliphatic carbocycles. The highest BCUT2D eigenvalue weighted by Crippen LogP contribution is 2.33. The second-order valence-corrected chi connectivity index (χ2v) is 6.28. The van der Waals surface area contributed by atoms with Crippen LogP contribution in [0.5, 0.6) is 11.5 Å². The first-order chi connectivity index (χ1) is 12.1. The maximum Gasteiger partial charge on any atom is 0.232 e. The zero-order valence-electron chi connectivity index (χ0n) is 15.4. The first-order valence-corrected chi connectivity index (χ1v) is 8.87. The molecular formula is C19H28N2O4. The van der Waals surface area contributed by atoms with E-state index in [0.29, 0.717) is 31.1 Å². The molecule has 1 aliphatic heterocycles. The lowest BCUT2D eigenvalue weighted by Crippen LogP contribution is -2.39. The number of carbonyl (C=O) groups is 2. The van der Waals surface area contributed by atoms with Crippen LogP contribution in [0.1, 0.15) is 43.7 Å². The Hall–Kier alpha value is -2.24. The van der Waals surface area contributed by atoms with Crippen molar-refractivity contribution in [3.8, 4) is 11.5 Å². The fourth-order valence-electron chi connectivity index (χ4n) is 3.01. The largest absolute Gasteiger partial charge is 0.493 e. The second kappa shape index (κ2) is 9.30. The zero-order chi connectivity index (χ0) is 18.2. The lowest BCUT2D eigenvalue weighted by atomic mass is 9.98. The molecule has 0 bridgehead atoms. The molecule has 25 heavy (non-hydrogen) atoms. The smallest absolute Gasteiger partial charge is 0.232 e. The molecule has 2 rings (SSSR count). The van der Waals surface area contributed by atoms with Crippen molar-refractivity contribution in [3.63, 3.8) is 0 Å². The van der Waals surface area contributed by atoms with Gasteiger partial charge in [0.05, 0.1) is 14.2 Å². The average molecular weight is 348 g/mol. The predicted octanol–water partition coefficient (Wildman–Crippen LogP) is 2.29. The predicted molar refractivity (Wildman–Crippen MR) is 95.8 cm³/mol. The molecule has 2 amide bonds. The highest BCUT2D eigenvalue weighted by molar-refractivity contribution is 5.96. The summed E-state index contributed by atoms with van der Waals surface area (Å²) in [5.74, 6) is 1.03. The molecule has 6 heteroatoms. The number of hydrogen-bond acceptors (Lipinski definition) is 4. The van der Waals surface area contributed by atoms with Gasteiger partial charge in [-0.2, -0.15) is 0 Å². The van der Waals surface area contributed by atoms with E-state index in [9.17, 15) is 9.59 Å². The van der Waals surface area contributed by atoms with Gasteiger partial charge in [0.2, 0.25) is 11.8 Å². The van der Waals surface area contributed by atoms with Crippen LogP contribution >= 0.6 is 0 Å². The van der Waals surface area contributed by atoms with Crippen molar-refractivity contribution in [2.75, 3.05) is 27.3 Å². The summed E-state index contributed by atoms with van der Waals surface area (Å²) < 4.78 is 10.7. The lowest BCUT2D eigenvalue weighted by Gasteiger charge is -2.29. The molecule has 0 saturated heterocycles. The second-order valence-electron chi connectivity index (χ2n) is 6.28. The molecule has 0 saturated carbocycles. The molecule has 0 radical (unpaired) electrons. The maximum atomic E-state index is 12.4. The number of unbranched alkanes of at least 4 members (excludes halogenated alkanes) is 2. The molecule has 0 aromatic heterocycles. The number of hydrogen-bond donors (Lipinski definition) is 1. The minimum Gasteiger partial charge on any atom is -0.493 e. The molecule has 0 spiro atoms. The first-order valence-electron chi connectivity index (χ1n) is 8.87. The molecule has 1 aromatic carbocycles. The van der Waals surface area contributed by atoms with Gasteiger partial charge in [0.25, 0.3) is 0 Å².